The number of rotatable bonds is 4. The summed E-state index contributed by atoms with van der Waals surface area (Å²) >= 11 is 11.5. The largest absolute Gasteiger partial charge is 0.339 e. The SMILES string of the molecule is CC1(C)C(C=C(Cl)Cl)C1C(=O)Nc1cccc(C(=O)N2CCCCC2)c1. The quantitative estimate of drug-likeness (QED) is 0.793. The first-order valence-corrected chi connectivity index (χ1v) is 9.79. The van der Waals surface area contributed by atoms with E-state index in [1.807, 2.05) is 18.7 Å². The van der Waals surface area contributed by atoms with Crippen molar-refractivity contribution in [3.63, 3.8) is 0 Å². The zero-order valence-corrected chi connectivity index (χ0v) is 16.6. The average Bonchev–Trinajstić information content (AvgIpc) is 3.14. The fourth-order valence-corrected chi connectivity index (χ4v) is 4.13. The highest BCUT2D eigenvalue weighted by Crippen LogP contribution is 2.60. The minimum Gasteiger partial charge on any atom is -0.339 e. The number of carbonyl (C=O) groups excluding carboxylic acids is 2. The van der Waals surface area contributed by atoms with E-state index in [-0.39, 0.29) is 33.6 Å². The molecule has 2 atom stereocenters. The highest BCUT2D eigenvalue weighted by molar-refractivity contribution is 6.55. The minimum atomic E-state index is -0.184. The van der Waals surface area contributed by atoms with Crippen molar-refractivity contribution in [1.29, 1.82) is 0 Å². The lowest BCUT2D eigenvalue weighted by atomic mass is 10.1. The summed E-state index contributed by atoms with van der Waals surface area (Å²) in [6.07, 6.45) is 5.01. The maximum atomic E-state index is 12.6. The molecule has 1 aliphatic heterocycles. The molecule has 2 unspecified atom stereocenters. The van der Waals surface area contributed by atoms with Gasteiger partial charge in [-0.25, -0.2) is 0 Å². The van der Waals surface area contributed by atoms with Crippen LogP contribution >= 0.6 is 23.2 Å². The number of allylic oxidation sites excluding steroid dienone is 1. The molecule has 140 valence electrons. The average molecular weight is 395 g/mol. The molecule has 4 nitrogen and oxygen atoms in total. The van der Waals surface area contributed by atoms with Gasteiger partial charge in [0.25, 0.3) is 5.91 Å². The van der Waals surface area contributed by atoms with E-state index in [0.717, 1.165) is 25.9 Å². The first kappa shape index (κ1) is 19.2. The molecule has 3 rings (SSSR count). The summed E-state index contributed by atoms with van der Waals surface area (Å²) in [4.78, 5) is 27.2. The van der Waals surface area contributed by atoms with Gasteiger partial charge in [-0.05, 0) is 54.9 Å². The summed E-state index contributed by atoms with van der Waals surface area (Å²) in [5.74, 6) is -0.210. The number of benzene rings is 1. The molecule has 1 saturated heterocycles. The van der Waals surface area contributed by atoms with Gasteiger partial charge in [0.15, 0.2) is 0 Å². The van der Waals surface area contributed by atoms with Crippen molar-refractivity contribution in [2.75, 3.05) is 18.4 Å². The van der Waals surface area contributed by atoms with Crippen LogP contribution < -0.4 is 5.32 Å². The predicted octanol–water partition coefficient (Wildman–Crippen LogP) is 4.84. The van der Waals surface area contributed by atoms with Crippen molar-refractivity contribution in [3.8, 4) is 0 Å². The molecule has 26 heavy (non-hydrogen) atoms. The van der Waals surface area contributed by atoms with Gasteiger partial charge in [0.05, 0.1) is 5.92 Å². The zero-order chi connectivity index (χ0) is 18.9. The Labute approximate surface area is 164 Å². The van der Waals surface area contributed by atoms with Crippen LogP contribution in [0.4, 0.5) is 5.69 Å². The third-order valence-electron chi connectivity index (χ3n) is 5.52. The number of hydrogen-bond donors (Lipinski definition) is 1. The monoisotopic (exact) mass is 394 g/mol. The number of halogens is 2. The lowest BCUT2D eigenvalue weighted by Crippen LogP contribution is -2.35. The van der Waals surface area contributed by atoms with Crippen LogP contribution in [-0.4, -0.2) is 29.8 Å². The molecule has 2 amide bonds. The number of nitrogens with one attached hydrogen (secondary N) is 1. The number of likely N-dealkylation sites (tertiary alicyclic amines) is 1. The van der Waals surface area contributed by atoms with E-state index < -0.39 is 0 Å². The second-order valence-electron chi connectivity index (χ2n) is 7.70. The zero-order valence-electron chi connectivity index (χ0n) is 15.1. The van der Waals surface area contributed by atoms with Crippen LogP contribution in [0.5, 0.6) is 0 Å². The number of anilines is 1. The van der Waals surface area contributed by atoms with Crippen molar-refractivity contribution in [3.05, 3.63) is 40.4 Å². The van der Waals surface area contributed by atoms with E-state index in [0.29, 0.717) is 11.3 Å². The van der Waals surface area contributed by atoms with E-state index in [1.54, 1.807) is 30.3 Å². The topological polar surface area (TPSA) is 49.4 Å². The molecule has 0 spiro atoms. The van der Waals surface area contributed by atoms with Crippen molar-refractivity contribution in [1.82, 2.24) is 4.90 Å². The van der Waals surface area contributed by atoms with Crippen LogP contribution in [0.15, 0.2) is 34.8 Å². The Kier molecular flexibility index (Phi) is 5.64. The Bertz CT molecular complexity index is 735. The summed E-state index contributed by atoms with van der Waals surface area (Å²) in [5.41, 5.74) is 1.07. The van der Waals surface area contributed by atoms with E-state index in [1.165, 1.54) is 6.42 Å². The Morgan fingerprint density at radius 3 is 2.54 bits per heavy atom. The summed E-state index contributed by atoms with van der Waals surface area (Å²) in [6.45, 7) is 5.65. The van der Waals surface area contributed by atoms with Gasteiger partial charge in [-0.15, -0.1) is 0 Å². The second kappa shape index (κ2) is 7.61. The number of amides is 2. The number of nitrogens with zero attached hydrogens (tertiary/aromatic N) is 1. The minimum absolute atomic E-state index is 0.0191. The van der Waals surface area contributed by atoms with E-state index in [2.05, 4.69) is 5.32 Å². The highest BCUT2D eigenvalue weighted by Gasteiger charge is 2.60. The molecule has 0 bridgehead atoms. The van der Waals surface area contributed by atoms with Gasteiger partial charge < -0.3 is 10.2 Å². The molecule has 1 N–H and O–H groups in total. The Hall–Kier alpha value is -1.52. The summed E-state index contributed by atoms with van der Waals surface area (Å²) < 4.78 is 0.188. The standard InChI is InChI=1S/C20H24Cl2N2O2/c1-20(2)15(12-16(21)22)17(20)18(25)23-14-8-6-7-13(11-14)19(26)24-9-4-3-5-10-24/h6-8,11-12,15,17H,3-5,9-10H2,1-2H3,(H,23,25). The first-order valence-electron chi connectivity index (χ1n) is 9.04. The van der Waals surface area contributed by atoms with Crippen LogP contribution in [0, 0.1) is 17.3 Å². The summed E-state index contributed by atoms with van der Waals surface area (Å²) in [7, 11) is 0. The summed E-state index contributed by atoms with van der Waals surface area (Å²) in [6, 6.07) is 7.16. The lowest BCUT2D eigenvalue weighted by molar-refractivity contribution is -0.118. The van der Waals surface area contributed by atoms with Gasteiger partial charge in [-0.1, -0.05) is 43.1 Å². The third-order valence-corrected chi connectivity index (χ3v) is 5.77. The Balaban J connectivity index is 1.68. The van der Waals surface area contributed by atoms with Crippen LogP contribution in [0.25, 0.3) is 0 Å². The van der Waals surface area contributed by atoms with E-state index in [4.69, 9.17) is 23.2 Å². The van der Waals surface area contributed by atoms with Crippen LogP contribution in [-0.2, 0) is 4.79 Å². The molecule has 1 heterocycles. The number of carbonyl (C=O) groups is 2. The lowest BCUT2D eigenvalue weighted by Gasteiger charge is -2.26. The van der Waals surface area contributed by atoms with Gasteiger partial charge in [-0.2, -0.15) is 0 Å². The van der Waals surface area contributed by atoms with Gasteiger partial charge in [0.1, 0.15) is 4.49 Å². The number of piperidine rings is 1. The molecule has 6 heteroatoms. The molecule has 2 aliphatic rings. The van der Waals surface area contributed by atoms with Gasteiger partial charge in [0.2, 0.25) is 5.91 Å². The fraction of sp³-hybridized carbons (Fsp3) is 0.500. The Morgan fingerprint density at radius 1 is 1.19 bits per heavy atom. The molecule has 1 aromatic rings. The van der Waals surface area contributed by atoms with Gasteiger partial charge in [-0.3, -0.25) is 9.59 Å². The molecule has 1 aromatic carbocycles. The van der Waals surface area contributed by atoms with Crippen molar-refractivity contribution in [2.24, 2.45) is 17.3 Å². The summed E-state index contributed by atoms with van der Waals surface area (Å²) in [5, 5.41) is 2.94. The Morgan fingerprint density at radius 2 is 1.88 bits per heavy atom. The normalized spacial score (nSPS) is 23.9. The van der Waals surface area contributed by atoms with Crippen molar-refractivity contribution >= 4 is 40.7 Å². The maximum Gasteiger partial charge on any atom is 0.253 e. The van der Waals surface area contributed by atoms with Crippen molar-refractivity contribution < 1.29 is 9.59 Å². The molecular weight excluding hydrogens is 371 g/mol. The highest BCUT2D eigenvalue weighted by atomic mass is 35.5. The van der Waals surface area contributed by atoms with Crippen molar-refractivity contribution in [2.45, 2.75) is 33.1 Å². The first-order chi connectivity index (χ1) is 12.3. The van der Waals surface area contributed by atoms with E-state index >= 15 is 0 Å². The van der Waals surface area contributed by atoms with Crippen LogP contribution in [0.1, 0.15) is 43.5 Å². The molecule has 0 radical (unpaired) electrons. The van der Waals surface area contributed by atoms with E-state index in [9.17, 15) is 9.59 Å². The van der Waals surface area contributed by atoms with Crippen LogP contribution in [0.2, 0.25) is 0 Å². The van der Waals surface area contributed by atoms with Gasteiger partial charge in [0, 0.05) is 24.3 Å². The number of hydrogen-bond acceptors (Lipinski definition) is 2. The third kappa shape index (κ3) is 4.07. The molecule has 2 fully saturated rings. The maximum absolute atomic E-state index is 12.6. The molecule has 0 aromatic heterocycles. The second-order valence-corrected chi connectivity index (χ2v) is 8.71. The molecule has 1 saturated carbocycles. The molecule has 1 aliphatic carbocycles. The fourth-order valence-electron chi connectivity index (χ4n) is 3.85. The van der Waals surface area contributed by atoms with Gasteiger partial charge >= 0.3 is 0 Å². The predicted molar refractivity (Wildman–Crippen MR) is 105 cm³/mol. The molecular formula is C20H24Cl2N2O2. The smallest absolute Gasteiger partial charge is 0.253 e. The van der Waals surface area contributed by atoms with Crippen LogP contribution in [0.3, 0.4) is 0 Å².